The lowest BCUT2D eigenvalue weighted by atomic mass is 9.94. The van der Waals surface area contributed by atoms with Crippen molar-refractivity contribution in [1.29, 1.82) is 0 Å². The van der Waals surface area contributed by atoms with E-state index in [1.165, 1.54) is 43.2 Å². The maximum Gasteiger partial charge on any atom is 0.235 e. The van der Waals surface area contributed by atoms with Crippen molar-refractivity contribution < 1.29 is 4.79 Å². The molecule has 4 heteroatoms. The van der Waals surface area contributed by atoms with Crippen molar-refractivity contribution in [3.8, 4) is 0 Å². The van der Waals surface area contributed by atoms with Crippen molar-refractivity contribution in [3.63, 3.8) is 0 Å². The van der Waals surface area contributed by atoms with Gasteiger partial charge < -0.3 is 5.32 Å². The molecule has 0 saturated heterocycles. The molecule has 1 aliphatic rings. The Bertz CT molecular complexity index is 458. The third-order valence-electron chi connectivity index (χ3n) is 4.33. The second-order valence-electron chi connectivity index (χ2n) is 5.89. The molecule has 0 unspecified atom stereocenters. The lowest BCUT2D eigenvalue weighted by molar-refractivity contribution is -0.118. The third kappa shape index (κ3) is 5.01. The Morgan fingerprint density at radius 3 is 2.57 bits per heavy atom. The van der Waals surface area contributed by atoms with Crippen LogP contribution < -0.4 is 5.32 Å². The van der Waals surface area contributed by atoms with E-state index in [4.69, 9.17) is 11.6 Å². The highest BCUT2D eigenvalue weighted by Gasteiger charge is 2.18. The molecule has 3 nitrogen and oxygen atoms in total. The minimum absolute atomic E-state index is 0.0180. The minimum Gasteiger partial charge on any atom is -0.351 e. The van der Waals surface area contributed by atoms with Gasteiger partial charge >= 0.3 is 0 Å². The summed E-state index contributed by atoms with van der Waals surface area (Å²) in [7, 11) is 2.21. The average molecular weight is 309 g/mol. The fourth-order valence-corrected chi connectivity index (χ4v) is 3.14. The molecular formula is C17H25ClN2O. The van der Waals surface area contributed by atoms with E-state index in [1.54, 1.807) is 0 Å². The first-order valence-corrected chi connectivity index (χ1v) is 8.34. The van der Waals surface area contributed by atoms with Gasteiger partial charge in [0.05, 0.1) is 0 Å². The van der Waals surface area contributed by atoms with Gasteiger partial charge in [0.25, 0.3) is 0 Å². The monoisotopic (exact) mass is 308 g/mol. The summed E-state index contributed by atoms with van der Waals surface area (Å²) < 4.78 is 0. The van der Waals surface area contributed by atoms with E-state index in [0.29, 0.717) is 12.6 Å². The molecule has 0 aromatic heterocycles. The molecule has 1 fully saturated rings. The van der Waals surface area contributed by atoms with Crippen LogP contribution in [0.1, 0.15) is 43.2 Å². The maximum absolute atomic E-state index is 11.3. The summed E-state index contributed by atoms with van der Waals surface area (Å²) in [6.07, 6.45) is 6.69. The smallest absolute Gasteiger partial charge is 0.235 e. The molecule has 0 heterocycles. The van der Waals surface area contributed by atoms with E-state index in [9.17, 15) is 4.79 Å². The molecule has 21 heavy (non-hydrogen) atoms. The van der Waals surface area contributed by atoms with Crippen LogP contribution in [0.15, 0.2) is 24.3 Å². The van der Waals surface area contributed by atoms with Gasteiger partial charge in [0.2, 0.25) is 5.91 Å². The number of rotatable bonds is 6. The number of nitrogens with one attached hydrogen (secondary N) is 1. The number of nitrogens with zero attached hydrogens (tertiary/aromatic N) is 1. The molecule has 1 amide bonds. The van der Waals surface area contributed by atoms with E-state index in [2.05, 4.69) is 35.5 Å². The van der Waals surface area contributed by atoms with Crippen molar-refractivity contribution in [1.82, 2.24) is 10.2 Å². The van der Waals surface area contributed by atoms with Gasteiger partial charge in [0.15, 0.2) is 0 Å². The highest BCUT2D eigenvalue weighted by atomic mass is 35.5. The Kier molecular flexibility index (Phi) is 6.52. The molecule has 0 radical (unpaired) electrons. The van der Waals surface area contributed by atoms with Crippen molar-refractivity contribution in [3.05, 3.63) is 35.4 Å². The van der Waals surface area contributed by atoms with Crippen molar-refractivity contribution in [2.45, 2.75) is 51.2 Å². The first-order valence-electron chi connectivity index (χ1n) is 7.80. The normalized spacial score (nSPS) is 16.1. The van der Waals surface area contributed by atoms with Crippen LogP contribution in [0.4, 0.5) is 0 Å². The Morgan fingerprint density at radius 1 is 1.24 bits per heavy atom. The van der Waals surface area contributed by atoms with Crippen LogP contribution in [0.5, 0.6) is 0 Å². The molecule has 1 saturated carbocycles. The number of benzene rings is 1. The van der Waals surface area contributed by atoms with E-state index in [0.717, 1.165) is 6.54 Å². The SMILES string of the molecule is CN(Cc1ccccc1CNC(=O)CCl)C1CCCCC1. The lowest BCUT2D eigenvalue weighted by Gasteiger charge is -2.31. The van der Waals surface area contributed by atoms with Crippen molar-refractivity contribution in [2.24, 2.45) is 0 Å². The number of halogens is 1. The van der Waals surface area contributed by atoms with Gasteiger partial charge in [-0.3, -0.25) is 9.69 Å². The summed E-state index contributed by atoms with van der Waals surface area (Å²) in [6, 6.07) is 9.02. The van der Waals surface area contributed by atoms with Crippen LogP contribution in [-0.2, 0) is 17.9 Å². The summed E-state index contributed by atoms with van der Waals surface area (Å²) >= 11 is 5.52. The third-order valence-corrected chi connectivity index (χ3v) is 4.58. The number of hydrogen-bond donors (Lipinski definition) is 1. The van der Waals surface area contributed by atoms with Gasteiger partial charge in [-0.2, -0.15) is 0 Å². The number of carbonyl (C=O) groups is 1. The van der Waals surface area contributed by atoms with E-state index >= 15 is 0 Å². The summed E-state index contributed by atoms with van der Waals surface area (Å²) in [5.41, 5.74) is 2.47. The highest BCUT2D eigenvalue weighted by Crippen LogP contribution is 2.23. The van der Waals surface area contributed by atoms with E-state index in [1.807, 2.05) is 6.07 Å². The molecule has 0 atom stereocenters. The Balaban J connectivity index is 1.96. The summed E-state index contributed by atoms with van der Waals surface area (Å²) in [5.74, 6) is -0.100. The van der Waals surface area contributed by atoms with E-state index < -0.39 is 0 Å². The molecule has 0 bridgehead atoms. The first-order chi connectivity index (χ1) is 10.2. The predicted molar refractivity (Wildman–Crippen MR) is 87.3 cm³/mol. The van der Waals surface area contributed by atoms with Crippen molar-refractivity contribution in [2.75, 3.05) is 12.9 Å². The van der Waals surface area contributed by atoms with Gasteiger partial charge in [-0.25, -0.2) is 0 Å². The summed E-state index contributed by atoms with van der Waals surface area (Å²) in [5, 5.41) is 2.85. The number of alkyl halides is 1. The predicted octanol–water partition coefficient (Wildman–Crippen LogP) is 3.31. The molecule has 0 aliphatic heterocycles. The molecule has 1 N–H and O–H groups in total. The van der Waals surface area contributed by atoms with Gasteiger partial charge in [0, 0.05) is 19.1 Å². The van der Waals surface area contributed by atoms with Crippen LogP contribution in [-0.4, -0.2) is 29.8 Å². The van der Waals surface area contributed by atoms with Crippen LogP contribution in [0.25, 0.3) is 0 Å². The van der Waals surface area contributed by atoms with Gasteiger partial charge in [-0.05, 0) is 31.0 Å². The van der Waals surface area contributed by atoms with Gasteiger partial charge in [0.1, 0.15) is 5.88 Å². The molecule has 116 valence electrons. The Morgan fingerprint density at radius 2 is 1.90 bits per heavy atom. The van der Waals surface area contributed by atoms with Crippen LogP contribution in [0, 0.1) is 0 Å². The largest absolute Gasteiger partial charge is 0.351 e. The zero-order valence-corrected chi connectivity index (χ0v) is 13.5. The minimum atomic E-state index is -0.118. The molecular weight excluding hydrogens is 284 g/mol. The second-order valence-corrected chi connectivity index (χ2v) is 6.15. The topological polar surface area (TPSA) is 32.3 Å². The van der Waals surface area contributed by atoms with Crippen molar-refractivity contribution >= 4 is 17.5 Å². The Hall–Kier alpha value is -1.06. The number of amides is 1. The van der Waals surface area contributed by atoms with Gasteiger partial charge in [-0.15, -0.1) is 11.6 Å². The average Bonchev–Trinajstić information content (AvgIpc) is 2.54. The Labute approximate surface area is 132 Å². The van der Waals surface area contributed by atoms with E-state index in [-0.39, 0.29) is 11.8 Å². The van der Waals surface area contributed by atoms with Crippen LogP contribution >= 0.6 is 11.6 Å². The summed E-state index contributed by atoms with van der Waals surface area (Å²) in [6.45, 7) is 1.50. The zero-order chi connectivity index (χ0) is 15.1. The first kappa shape index (κ1) is 16.3. The molecule has 1 aromatic carbocycles. The molecule has 2 rings (SSSR count). The second kappa shape index (κ2) is 8.40. The maximum atomic E-state index is 11.3. The molecule has 0 spiro atoms. The summed E-state index contributed by atoms with van der Waals surface area (Å²) in [4.78, 5) is 13.8. The number of carbonyl (C=O) groups excluding carboxylic acids is 1. The standard InChI is InChI=1S/C17H25ClN2O/c1-20(16-9-3-2-4-10-16)13-15-8-6-5-7-14(15)12-19-17(21)11-18/h5-8,16H,2-4,9-13H2,1H3,(H,19,21). The fourth-order valence-electron chi connectivity index (χ4n) is 3.04. The lowest BCUT2D eigenvalue weighted by Crippen LogP contribution is -2.33. The molecule has 1 aliphatic carbocycles. The van der Waals surface area contributed by atoms with Gasteiger partial charge in [-0.1, -0.05) is 43.5 Å². The zero-order valence-electron chi connectivity index (χ0n) is 12.8. The van der Waals surface area contributed by atoms with Crippen LogP contribution in [0.3, 0.4) is 0 Å². The fraction of sp³-hybridized carbons (Fsp3) is 0.588. The quantitative estimate of drug-likeness (QED) is 0.818. The number of hydrogen-bond acceptors (Lipinski definition) is 2. The highest BCUT2D eigenvalue weighted by molar-refractivity contribution is 6.27. The van der Waals surface area contributed by atoms with Crippen LogP contribution in [0.2, 0.25) is 0 Å². The molecule has 1 aromatic rings.